The third-order valence-electron chi connectivity index (χ3n) is 8.04. The fraction of sp³-hybridized carbons (Fsp3) is 0.500. The van der Waals surface area contributed by atoms with Gasteiger partial charge in [0.05, 0.1) is 29.9 Å². The highest BCUT2D eigenvalue weighted by atomic mass is 35.5. The van der Waals surface area contributed by atoms with Gasteiger partial charge in [0.1, 0.15) is 12.4 Å². The molecule has 2 aromatic rings. The van der Waals surface area contributed by atoms with Crippen molar-refractivity contribution in [2.24, 2.45) is 11.8 Å². The largest absolute Gasteiger partial charge is 0.491 e. The summed E-state index contributed by atoms with van der Waals surface area (Å²) in [5.41, 5.74) is 3.43. The fourth-order valence-electron chi connectivity index (χ4n) is 5.94. The van der Waals surface area contributed by atoms with Crippen LogP contribution in [0.4, 0.5) is 5.69 Å². The van der Waals surface area contributed by atoms with Crippen molar-refractivity contribution >= 4 is 34.2 Å². The lowest BCUT2D eigenvalue weighted by Crippen LogP contribution is -2.44. The van der Waals surface area contributed by atoms with Crippen LogP contribution in [0.2, 0.25) is 5.02 Å². The van der Waals surface area contributed by atoms with Gasteiger partial charge in [0.2, 0.25) is 0 Å². The second-order valence-corrected chi connectivity index (χ2v) is 12.2. The lowest BCUT2D eigenvalue weighted by atomic mass is 9.70. The highest BCUT2D eigenvalue weighted by molar-refractivity contribution is 7.83. The number of amides is 1. The van der Waals surface area contributed by atoms with E-state index in [0.29, 0.717) is 29.9 Å². The minimum absolute atomic E-state index is 0.0150. The summed E-state index contributed by atoms with van der Waals surface area (Å²) in [6.07, 6.45) is 8.15. The number of halogens is 1. The monoisotopic (exact) mass is 572 g/mol. The number of nitrogens with one attached hydrogen (secondary N) is 1. The Morgan fingerprint density at radius 1 is 1.18 bits per heavy atom. The number of fused-ring (bicyclic) bond motifs is 2. The molecule has 5 unspecified atom stereocenters. The smallest absolute Gasteiger partial charge is 0.257 e. The van der Waals surface area contributed by atoms with E-state index in [9.17, 15) is 9.00 Å². The molecular weight excluding hydrogens is 536 g/mol. The maximum absolute atomic E-state index is 13.1. The number of hydrogen-bond acceptors (Lipinski definition) is 6. The van der Waals surface area contributed by atoms with Crippen LogP contribution in [0.25, 0.3) is 0 Å². The number of rotatable bonds is 4. The molecule has 1 N–H and O–H groups in total. The highest BCUT2D eigenvalue weighted by Gasteiger charge is 2.38. The minimum Gasteiger partial charge on any atom is -0.491 e. The summed E-state index contributed by atoms with van der Waals surface area (Å²) >= 11 is 6.38. The van der Waals surface area contributed by atoms with Crippen molar-refractivity contribution in [2.45, 2.75) is 49.5 Å². The Labute approximate surface area is 238 Å². The van der Waals surface area contributed by atoms with Crippen molar-refractivity contribution in [1.29, 1.82) is 0 Å². The zero-order chi connectivity index (χ0) is 27.4. The number of aryl methyl sites for hydroxylation is 1. The zero-order valence-corrected chi connectivity index (χ0v) is 24.1. The number of methoxy groups -OCH3 is 1. The number of carbonyl (C=O) groups is 1. The Hall–Kier alpha value is -2.39. The van der Waals surface area contributed by atoms with Crippen molar-refractivity contribution < 1.29 is 23.2 Å². The van der Waals surface area contributed by atoms with Crippen LogP contribution in [0.15, 0.2) is 53.4 Å². The standard InChI is InChI=1S/C30H37ClN2O5S/c1-3-5-20-14-23(31)8-11-25(20)22-17-33-16-21-7-10-26(21)28(36-2)6-4-13-37-19-30(34)32-39(35)24-9-12-29(38-18-22)27(33)15-24/h4,6,8-9,11-12,14-15,21-22,26,28H,3,5,7,10,13,16-19H2,1-2H3,(H,32,34)/b6-4+. The zero-order valence-electron chi connectivity index (χ0n) is 22.6. The van der Waals surface area contributed by atoms with Gasteiger partial charge in [-0.2, -0.15) is 0 Å². The molecule has 1 amide bonds. The third-order valence-corrected chi connectivity index (χ3v) is 9.37. The summed E-state index contributed by atoms with van der Waals surface area (Å²) in [6.45, 7) is 4.44. The van der Waals surface area contributed by atoms with Gasteiger partial charge in [-0.25, -0.2) is 4.21 Å². The molecule has 0 saturated heterocycles. The second kappa shape index (κ2) is 12.9. The molecule has 1 saturated carbocycles. The SMILES string of the molecule is CCCc1cc(Cl)ccc1C1COc2ccc3cc2N(C1)CC1CCC1C(OC)/C=C/COCC(=O)NS3=O. The van der Waals surface area contributed by atoms with Crippen molar-refractivity contribution in [3.05, 3.63) is 64.7 Å². The molecule has 2 bridgehead atoms. The minimum atomic E-state index is -1.71. The van der Waals surface area contributed by atoms with E-state index in [0.717, 1.165) is 55.2 Å². The lowest BCUT2D eigenvalue weighted by Gasteiger charge is -2.43. The van der Waals surface area contributed by atoms with E-state index in [1.165, 1.54) is 11.1 Å². The number of anilines is 1. The van der Waals surface area contributed by atoms with Gasteiger partial charge in [-0.05, 0) is 72.6 Å². The summed E-state index contributed by atoms with van der Waals surface area (Å²) in [5.74, 6) is 1.31. The maximum Gasteiger partial charge on any atom is 0.257 e. The van der Waals surface area contributed by atoms with E-state index in [1.807, 2.05) is 30.4 Å². The van der Waals surface area contributed by atoms with Crippen molar-refractivity contribution in [2.75, 3.05) is 44.9 Å². The number of nitrogens with zero attached hydrogens (tertiary/aromatic N) is 1. The fourth-order valence-corrected chi connectivity index (χ4v) is 6.93. The first-order valence-electron chi connectivity index (χ1n) is 13.7. The van der Waals surface area contributed by atoms with Crippen molar-refractivity contribution in [3.63, 3.8) is 0 Å². The van der Waals surface area contributed by atoms with Gasteiger partial charge >= 0.3 is 0 Å². The van der Waals surface area contributed by atoms with Gasteiger partial charge in [0.25, 0.3) is 5.91 Å². The van der Waals surface area contributed by atoms with Gasteiger partial charge in [0.15, 0.2) is 11.0 Å². The summed E-state index contributed by atoms with van der Waals surface area (Å²) < 4.78 is 33.3. The Morgan fingerprint density at radius 2 is 2.05 bits per heavy atom. The first-order chi connectivity index (χ1) is 19.0. The topological polar surface area (TPSA) is 77.1 Å². The van der Waals surface area contributed by atoms with Crippen LogP contribution in [-0.2, 0) is 31.7 Å². The van der Waals surface area contributed by atoms with Gasteiger partial charge in [0, 0.05) is 31.1 Å². The molecule has 210 valence electrons. The first-order valence-corrected chi connectivity index (χ1v) is 15.3. The highest BCUT2D eigenvalue weighted by Crippen LogP contribution is 2.43. The molecule has 2 aliphatic heterocycles. The summed E-state index contributed by atoms with van der Waals surface area (Å²) in [4.78, 5) is 15.3. The van der Waals surface area contributed by atoms with Crippen LogP contribution in [0, 0.1) is 11.8 Å². The molecule has 0 radical (unpaired) electrons. The molecule has 39 heavy (non-hydrogen) atoms. The van der Waals surface area contributed by atoms with Crippen LogP contribution in [-0.4, -0.2) is 56.2 Å². The first kappa shape index (κ1) is 28.1. The van der Waals surface area contributed by atoms with Gasteiger partial charge in [-0.1, -0.05) is 43.2 Å². The number of hydrogen-bond donors (Lipinski definition) is 1. The molecule has 9 heteroatoms. The number of carbonyl (C=O) groups excluding carboxylic acids is 1. The lowest BCUT2D eigenvalue weighted by molar-refractivity contribution is -0.123. The van der Waals surface area contributed by atoms with E-state index >= 15 is 0 Å². The van der Waals surface area contributed by atoms with Gasteiger partial charge < -0.3 is 19.1 Å². The van der Waals surface area contributed by atoms with Crippen LogP contribution < -0.4 is 14.4 Å². The molecule has 0 spiro atoms. The van der Waals surface area contributed by atoms with Crippen LogP contribution >= 0.6 is 11.6 Å². The summed E-state index contributed by atoms with van der Waals surface area (Å²) in [5, 5.41) is 0.751. The molecule has 2 aromatic carbocycles. The van der Waals surface area contributed by atoms with Crippen LogP contribution in [0.3, 0.4) is 0 Å². The third kappa shape index (κ3) is 6.51. The molecule has 1 fully saturated rings. The van der Waals surface area contributed by atoms with Gasteiger partial charge in [-0.3, -0.25) is 9.52 Å². The Bertz CT molecular complexity index is 1240. The van der Waals surface area contributed by atoms with Crippen molar-refractivity contribution in [1.82, 2.24) is 4.72 Å². The summed E-state index contributed by atoms with van der Waals surface area (Å²) in [6, 6.07) is 11.7. The maximum atomic E-state index is 13.1. The Morgan fingerprint density at radius 3 is 2.82 bits per heavy atom. The molecule has 5 rings (SSSR count). The predicted octanol–water partition coefficient (Wildman–Crippen LogP) is 5.04. The molecule has 3 aliphatic rings. The van der Waals surface area contributed by atoms with E-state index < -0.39 is 16.9 Å². The Balaban J connectivity index is 1.52. The molecule has 7 nitrogen and oxygen atoms in total. The average Bonchev–Trinajstić information content (AvgIpc) is 3.09. The van der Waals surface area contributed by atoms with Crippen LogP contribution in [0.5, 0.6) is 5.75 Å². The van der Waals surface area contributed by atoms with Gasteiger partial charge in [-0.15, -0.1) is 0 Å². The number of ether oxygens (including phenoxy) is 3. The summed E-state index contributed by atoms with van der Waals surface area (Å²) in [7, 11) is 0.0431. The molecule has 1 aliphatic carbocycles. The normalized spacial score (nSPS) is 28.3. The molecular formula is C30H37ClN2O5S. The van der Waals surface area contributed by atoms with E-state index in [1.54, 1.807) is 13.2 Å². The predicted molar refractivity (Wildman–Crippen MR) is 154 cm³/mol. The molecule has 2 heterocycles. The average molecular weight is 573 g/mol. The Kier molecular flexibility index (Phi) is 9.28. The van der Waals surface area contributed by atoms with E-state index in [4.69, 9.17) is 25.8 Å². The van der Waals surface area contributed by atoms with E-state index in [-0.39, 0.29) is 18.6 Å². The number of benzene rings is 2. The second-order valence-electron chi connectivity index (χ2n) is 10.6. The quantitative estimate of drug-likeness (QED) is 0.517. The molecule has 5 atom stereocenters. The van der Waals surface area contributed by atoms with Crippen LogP contribution in [0.1, 0.15) is 43.2 Å². The van der Waals surface area contributed by atoms with E-state index in [2.05, 4.69) is 28.7 Å². The van der Waals surface area contributed by atoms with Crippen molar-refractivity contribution in [3.8, 4) is 5.75 Å². The molecule has 0 aromatic heterocycles.